The van der Waals surface area contributed by atoms with Crippen LogP contribution in [0, 0.1) is 20.8 Å². The first-order valence-corrected chi connectivity index (χ1v) is 28.8. The van der Waals surface area contributed by atoms with Crippen LogP contribution in [0.4, 0.5) is 5.69 Å². The Morgan fingerprint density at radius 3 is 2.02 bits per heavy atom. The highest BCUT2D eigenvalue weighted by Gasteiger charge is 2.20. The number of aryl methyl sites for hydroxylation is 2. The second-order valence-corrected chi connectivity index (χ2v) is 20.1. The third-order valence-electron chi connectivity index (χ3n) is 14.8. The zero-order chi connectivity index (χ0) is 57.7. The fourth-order valence-electron chi connectivity index (χ4n) is 10.8. The van der Waals surface area contributed by atoms with E-state index in [1.54, 1.807) is 6.08 Å². The van der Waals surface area contributed by atoms with E-state index in [0.717, 1.165) is 60.4 Å². The van der Waals surface area contributed by atoms with Gasteiger partial charge < -0.3 is 18.6 Å². The van der Waals surface area contributed by atoms with Gasteiger partial charge in [-0.25, -0.2) is 0 Å². The van der Waals surface area contributed by atoms with Crippen molar-refractivity contribution in [2.24, 2.45) is 0 Å². The highest BCUT2D eigenvalue weighted by molar-refractivity contribution is 5.96. The van der Waals surface area contributed by atoms with E-state index in [4.69, 9.17) is 0 Å². The normalized spacial score (nSPS) is 14.6. The topological polar surface area (TPSA) is 18.0 Å². The summed E-state index contributed by atoms with van der Waals surface area (Å²) >= 11 is 0. The molecule has 1 atom stereocenters. The highest BCUT2D eigenvalue weighted by Crippen LogP contribution is 2.38. The van der Waals surface area contributed by atoms with Gasteiger partial charge in [0, 0.05) is 74.6 Å². The van der Waals surface area contributed by atoms with E-state index in [0.29, 0.717) is 12.6 Å². The molecular formula is C76H88N4. The smallest absolute Gasteiger partial charge is 0.0535 e. The van der Waals surface area contributed by atoms with Crippen molar-refractivity contribution in [1.29, 1.82) is 0 Å². The number of rotatable bonds is 16. The summed E-state index contributed by atoms with van der Waals surface area (Å²) in [7, 11) is 0. The van der Waals surface area contributed by atoms with E-state index in [2.05, 4.69) is 263 Å². The second-order valence-electron chi connectivity index (χ2n) is 20.1. The minimum absolute atomic E-state index is 0.313. The maximum atomic E-state index is 4.60. The summed E-state index contributed by atoms with van der Waals surface area (Å²) in [6, 6.07) is 42.4. The third kappa shape index (κ3) is 14.1. The van der Waals surface area contributed by atoms with Crippen LogP contribution in [0.1, 0.15) is 114 Å². The lowest BCUT2D eigenvalue weighted by Crippen LogP contribution is -2.22. The molecule has 3 aromatic heterocycles. The SMILES string of the molecule is C/C=C\C.C=CC.C=CCc1ccccc1N(CC=C)C(/C=C\C(=C)Cc1ccc2c(c1)c(/C(C)=C(\C=C/C)C1=C/CCC(n3cc(C)c4ccccc43)C=CC\1)cn2-c1ccc(-n2c(C)c(C)c3ccccc32)cc1)=C/C.CC. The Hall–Kier alpha value is -8.34. The molecule has 1 unspecified atom stereocenters. The average Bonchev–Trinajstić information content (AvgIpc) is 4.11. The van der Waals surface area contributed by atoms with Gasteiger partial charge >= 0.3 is 0 Å². The molecule has 0 radical (unpaired) electrons. The van der Waals surface area contributed by atoms with Crippen LogP contribution in [0.3, 0.4) is 0 Å². The Morgan fingerprint density at radius 2 is 1.35 bits per heavy atom. The first-order chi connectivity index (χ1) is 39.0. The number of aromatic nitrogens is 3. The Labute approximate surface area is 481 Å². The average molecular weight is 1060 g/mol. The van der Waals surface area contributed by atoms with E-state index in [9.17, 15) is 0 Å². The molecule has 4 nitrogen and oxygen atoms in total. The van der Waals surface area contributed by atoms with E-state index in [1.807, 2.05) is 58.9 Å². The number of nitrogens with zero attached hydrogens (tertiary/aromatic N) is 4. The van der Waals surface area contributed by atoms with Crippen LogP contribution in [0.2, 0.25) is 0 Å². The molecule has 0 N–H and O–H groups in total. The van der Waals surface area contributed by atoms with Gasteiger partial charge in [-0.05, 0) is 194 Å². The van der Waals surface area contributed by atoms with E-state index in [1.165, 1.54) is 82.9 Å². The van der Waals surface area contributed by atoms with Crippen LogP contribution >= 0.6 is 0 Å². The molecule has 1 aliphatic rings. The zero-order valence-corrected chi connectivity index (χ0v) is 50.1. The van der Waals surface area contributed by atoms with Gasteiger partial charge in [0.2, 0.25) is 0 Å². The quantitative estimate of drug-likeness (QED) is 0.0697. The van der Waals surface area contributed by atoms with Crippen molar-refractivity contribution >= 4 is 44.0 Å². The van der Waals surface area contributed by atoms with Crippen LogP contribution in [0.25, 0.3) is 49.7 Å². The van der Waals surface area contributed by atoms with Gasteiger partial charge in [0.05, 0.1) is 17.1 Å². The summed E-state index contributed by atoms with van der Waals surface area (Å²) in [4.78, 5) is 2.31. The van der Waals surface area contributed by atoms with Crippen LogP contribution in [-0.4, -0.2) is 20.2 Å². The number of fused-ring (bicyclic) bond motifs is 3. The van der Waals surface area contributed by atoms with Crippen LogP contribution in [0.15, 0.2) is 255 Å². The lowest BCUT2D eigenvalue weighted by atomic mass is 9.90. The molecule has 80 heavy (non-hydrogen) atoms. The molecule has 0 bridgehead atoms. The summed E-state index contributed by atoms with van der Waals surface area (Å²) in [5.74, 6) is 0. The molecule has 0 spiro atoms. The maximum absolute atomic E-state index is 4.60. The number of hydrogen-bond donors (Lipinski definition) is 0. The Morgan fingerprint density at radius 1 is 0.688 bits per heavy atom. The molecular weight excluding hydrogens is 969 g/mol. The Balaban J connectivity index is 0.00000108. The number of para-hydroxylation sites is 3. The molecule has 0 fully saturated rings. The van der Waals surface area contributed by atoms with Crippen molar-refractivity contribution in [3.8, 4) is 11.4 Å². The molecule has 4 heteroatoms. The van der Waals surface area contributed by atoms with E-state index < -0.39 is 0 Å². The van der Waals surface area contributed by atoms with Gasteiger partial charge in [0.15, 0.2) is 0 Å². The minimum atomic E-state index is 0.313. The number of anilines is 1. The van der Waals surface area contributed by atoms with Gasteiger partial charge in [-0.15, -0.1) is 19.7 Å². The first-order valence-electron chi connectivity index (χ1n) is 28.8. The molecule has 0 saturated carbocycles. The molecule has 3 heterocycles. The van der Waals surface area contributed by atoms with Crippen LogP contribution < -0.4 is 4.90 Å². The molecule has 0 aliphatic heterocycles. The fourth-order valence-corrected chi connectivity index (χ4v) is 10.8. The standard InChI is InChI=1S/C67H68N4.C4H8.C3H6.C2H6/c1-10-22-54-24-14-17-31-64(54)68(42-12-3)55(13-4)36-34-47(5)43-52-35-41-66-62(44-52)63(46-70(66)57-37-39-58(40-38-57)71-51(9)49(7)61-30-16-19-33-67(61)71)50(8)60(23-11-2)53-25-20-27-56(28-21-26-53)69-45-48(6)59-29-15-18-32-65(59)69;1-3-4-2;1-3-2;1-2/h10-20,23-24,26-27,29-41,44-46,56H,1,3,5,21-22,25,28,42-43H2,2,4,6-9H3;3-4H,1-2H3;3H,1H2,2H3;1-2H3/b23-11-,27-20?,36-34-,53-26+,55-13+,60-50+;4-3-;;. The van der Waals surface area contributed by atoms with Crippen molar-refractivity contribution in [3.05, 3.63) is 289 Å². The van der Waals surface area contributed by atoms with Gasteiger partial charge in [-0.2, -0.15) is 0 Å². The van der Waals surface area contributed by atoms with Crippen molar-refractivity contribution in [2.45, 2.75) is 114 Å². The Bertz CT molecular complexity index is 3630. The van der Waals surface area contributed by atoms with Gasteiger partial charge in [-0.3, -0.25) is 0 Å². The monoisotopic (exact) mass is 1060 g/mol. The largest absolute Gasteiger partial charge is 0.340 e. The summed E-state index contributed by atoms with van der Waals surface area (Å²) < 4.78 is 7.24. The Kier molecular flexibility index (Phi) is 22.9. The summed E-state index contributed by atoms with van der Waals surface area (Å²) in [6.45, 7) is 39.9. The number of hydrogen-bond acceptors (Lipinski definition) is 1. The maximum Gasteiger partial charge on any atom is 0.0535 e. The minimum Gasteiger partial charge on any atom is -0.340 e. The van der Waals surface area contributed by atoms with Gasteiger partial charge in [0.1, 0.15) is 0 Å². The predicted octanol–water partition coefficient (Wildman–Crippen LogP) is 21.5. The lowest BCUT2D eigenvalue weighted by molar-refractivity contribution is 0.575. The molecule has 0 saturated heterocycles. The number of benzene rings is 5. The van der Waals surface area contributed by atoms with Gasteiger partial charge in [-0.1, -0.05) is 160 Å². The van der Waals surface area contributed by atoms with Crippen molar-refractivity contribution in [1.82, 2.24) is 13.7 Å². The summed E-state index contributed by atoms with van der Waals surface area (Å²) in [6.07, 6.45) is 37.2. The van der Waals surface area contributed by atoms with Crippen LogP contribution in [0.5, 0.6) is 0 Å². The van der Waals surface area contributed by atoms with E-state index >= 15 is 0 Å². The summed E-state index contributed by atoms with van der Waals surface area (Å²) in [5.41, 5.74) is 20.8. The third-order valence-corrected chi connectivity index (χ3v) is 14.8. The van der Waals surface area contributed by atoms with Crippen LogP contribution in [-0.2, 0) is 12.8 Å². The molecule has 1 aliphatic carbocycles. The predicted molar refractivity (Wildman–Crippen MR) is 355 cm³/mol. The first kappa shape index (κ1) is 60.9. The van der Waals surface area contributed by atoms with Crippen molar-refractivity contribution in [2.75, 3.05) is 11.4 Å². The second kappa shape index (κ2) is 30.1. The van der Waals surface area contributed by atoms with E-state index in [-0.39, 0.29) is 0 Å². The lowest BCUT2D eigenvalue weighted by Gasteiger charge is -2.27. The van der Waals surface area contributed by atoms with Gasteiger partial charge in [0.25, 0.3) is 0 Å². The zero-order valence-electron chi connectivity index (χ0n) is 50.1. The fraction of sp³-hybridized carbons (Fsp3) is 0.237. The molecule has 8 aromatic rings. The molecule has 9 rings (SSSR count). The van der Waals surface area contributed by atoms with Crippen molar-refractivity contribution in [3.63, 3.8) is 0 Å². The highest BCUT2D eigenvalue weighted by atomic mass is 15.1. The molecule has 412 valence electrons. The molecule has 0 amide bonds. The number of allylic oxidation sites excluding steroid dienone is 16. The summed E-state index contributed by atoms with van der Waals surface area (Å²) in [5, 5.41) is 3.86. The van der Waals surface area contributed by atoms with Crippen molar-refractivity contribution < 1.29 is 0 Å². The molecule has 5 aromatic carbocycles.